The maximum atomic E-state index is 12.2. The predicted octanol–water partition coefficient (Wildman–Crippen LogP) is 3.09. The number of thioether (sulfide) groups is 1. The summed E-state index contributed by atoms with van der Waals surface area (Å²) in [6, 6.07) is 15.8. The number of hydrogen-bond acceptors (Lipinski definition) is 3. The van der Waals surface area contributed by atoms with Crippen molar-refractivity contribution in [3.8, 4) is 0 Å². The van der Waals surface area contributed by atoms with Crippen molar-refractivity contribution in [2.45, 2.75) is 4.90 Å². The average Bonchev–Trinajstić information content (AvgIpc) is 3.01. The summed E-state index contributed by atoms with van der Waals surface area (Å²) in [6.45, 7) is 0.628. The minimum atomic E-state index is -0.0708. The third kappa shape index (κ3) is 3.25. The Bertz CT molecular complexity index is 739. The fourth-order valence-corrected chi connectivity index (χ4v) is 2.89. The molecule has 0 bridgehead atoms. The van der Waals surface area contributed by atoms with Crippen molar-refractivity contribution in [3.63, 3.8) is 0 Å². The van der Waals surface area contributed by atoms with E-state index in [4.69, 9.17) is 0 Å². The van der Waals surface area contributed by atoms with Crippen LogP contribution in [0.1, 0.15) is 10.4 Å². The first-order valence-corrected chi connectivity index (χ1v) is 7.71. The molecule has 1 aromatic heterocycles. The summed E-state index contributed by atoms with van der Waals surface area (Å²) in [6.07, 6.45) is 1.72. The number of para-hydroxylation sites is 1. The summed E-state index contributed by atoms with van der Waals surface area (Å²) in [5.41, 5.74) is 1.42. The van der Waals surface area contributed by atoms with Crippen LogP contribution in [0.4, 0.5) is 0 Å². The molecule has 2 N–H and O–H groups in total. The molecule has 3 aromatic rings. The monoisotopic (exact) mass is 297 g/mol. The minimum Gasteiger partial charge on any atom is -0.351 e. The number of H-pyrrole nitrogens is 1. The standard InChI is InChI=1S/C16H15N3OS/c20-16(14-8-4-5-12-11-18-19-15(12)14)17-9-10-21-13-6-2-1-3-7-13/h1-8,11H,9-10H2,(H,17,20)(H,18,19). The van der Waals surface area contributed by atoms with Gasteiger partial charge in [-0.05, 0) is 18.2 Å². The smallest absolute Gasteiger partial charge is 0.253 e. The Morgan fingerprint density at radius 1 is 1.14 bits per heavy atom. The first-order valence-electron chi connectivity index (χ1n) is 6.73. The molecule has 0 radical (unpaired) electrons. The molecule has 106 valence electrons. The molecule has 0 aliphatic rings. The van der Waals surface area contributed by atoms with Gasteiger partial charge in [0.1, 0.15) is 0 Å². The van der Waals surface area contributed by atoms with Crippen LogP contribution in [-0.4, -0.2) is 28.4 Å². The number of hydrogen-bond donors (Lipinski definition) is 2. The van der Waals surface area contributed by atoms with Crippen LogP contribution in [0.15, 0.2) is 59.6 Å². The SMILES string of the molecule is O=C(NCCSc1ccccc1)c1cccc2cn[nH]c12. The number of aromatic nitrogens is 2. The normalized spacial score (nSPS) is 10.7. The van der Waals surface area contributed by atoms with Crippen LogP contribution in [-0.2, 0) is 0 Å². The number of nitrogens with one attached hydrogen (secondary N) is 2. The largest absolute Gasteiger partial charge is 0.351 e. The van der Waals surface area contributed by atoms with Crippen molar-refractivity contribution in [1.82, 2.24) is 15.5 Å². The number of nitrogens with zero attached hydrogens (tertiary/aromatic N) is 1. The lowest BCUT2D eigenvalue weighted by Gasteiger charge is -2.06. The molecule has 3 rings (SSSR count). The molecule has 0 unspecified atom stereocenters. The highest BCUT2D eigenvalue weighted by molar-refractivity contribution is 7.99. The number of aromatic amines is 1. The van der Waals surface area contributed by atoms with Crippen molar-refractivity contribution in [2.24, 2.45) is 0 Å². The predicted molar refractivity (Wildman–Crippen MR) is 85.6 cm³/mol. The second-order valence-electron chi connectivity index (χ2n) is 4.56. The van der Waals surface area contributed by atoms with Crippen LogP contribution >= 0.6 is 11.8 Å². The number of fused-ring (bicyclic) bond motifs is 1. The highest BCUT2D eigenvalue weighted by Gasteiger charge is 2.10. The maximum Gasteiger partial charge on any atom is 0.253 e. The van der Waals surface area contributed by atoms with E-state index in [1.54, 1.807) is 24.0 Å². The number of carbonyl (C=O) groups excluding carboxylic acids is 1. The zero-order valence-electron chi connectivity index (χ0n) is 11.4. The van der Waals surface area contributed by atoms with Crippen LogP contribution in [0, 0.1) is 0 Å². The molecule has 21 heavy (non-hydrogen) atoms. The maximum absolute atomic E-state index is 12.2. The molecule has 1 heterocycles. The van der Waals surface area contributed by atoms with Crippen LogP contribution in [0.25, 0.3) is 10.9 Å². The van der Waals surface area contributed by atoms with E-state index in [9.17, 15) is 4.79 Å². The van der Waals surface area contributed by atoms with Crippen molar-refractivity contribution in [1.29, 1.82) is 0 Å². The van der Waals surface area contributed by atoms with Crippen molar-refractivity contribution < 1.29 is 4.79 Å². The molecule has 0 atom stereocenters. The quantitative estimate of drug-likeness (QED) is 0.562. The lowest BCUT2D eigenvalue weighted by molar-refractivity contribution is 0.0957. The summed E-state index contributed by atoms with van der Waals surface area (Å²) < 4.78 is 0. The van der Waals surface area contributed by atoms with Gasteiger partial charge in [0.05, 0.1) is 17.3 Å². The number of benzene rings is 2. The van der Waals surface area contributed by atoms with Gasteiger partial charge in [0.2, 0.25) is 0 Å². The van der Waals surface area contributed by atoms with E-state index < -0.39 is 0 Å². The molecule has 0 spiro atoms. The Kier molecular flexibility index (Phi) is 4.21. The van der Waals surface area contributed by atoms with Gasteiger partial charge in [-0.25, -0.2) is 0 Å². The third-order valence-electron chi connectivity index (χ3n) is 3.12. The van der Waals surface area contributed by atoms with E-state index >= 15 is 0 Å². The Morgan fingerprint density at radius 2 is 2.00 bits per heavy atom. The molecule has 0 aliphatic heterocycles. The van der Waals surface area contributed by atoms with E-state index in [0.717, 1.165) is 16.7 Å². The Hall–Kier alpha value is -2.27. The topological polar surface area (TPSA) is 57.8 Å². The van der Waals surface area contributed by atoms with Gasteiger partial charge in [0, 0.05) is 22.6 Å². The number of rotatable bonds is 5. The average molecular weight is 297 g/mol. The Labute approximate surface area is 126 Å². The zero-order valence-corrected chi connectivity index (χ0v) is 12.2. The van der Waals surface area contributed by atoms with Crippen molar-refractivity contribution in [3.05, 3.63) is 60.3 Å². The third-order valence-corrected chi connectivity index (χ3v) is 4.13. The molecule has 4 nitrogen and oxygen atoms in total. The molecule has 0 saturated heterocycles. The lowest BCUT2D eigenvalue weighted by Crippen LogP contribution is -2.25. The van der Waals surface area contributed by atoms with Crippen LogP contribution in [0.5, 0.6) is 0 Å². The molecule has 0 fully saturated rings. The van der Waals surface area contributed by atoms with Gasteiger partial charge in [-0.2, -0.15) is 5.10 Å². The molecular formula is C16H15N3OS. The molecule has 2 aromatic carbocycles. The van der Waals surface area contributed by atoms with E-state index in [2.05, 4.69) is 27.6 Å². The summed E-state index contributed by atoms with van der Waals surface area (Å²) in [5, 5.41) is 10.7. The highest BCUT2D eigenvalue weighted by Crippen LogP contribution is 2.17. The van der Waals surface area contributed by atoms with E-state index in [0.29, 0.717) is 12.1 Å². The fraction of sp³-hybridized carbons (Fsp3) is 0.125. The summed E-state index contributed by atoms with van der Waals surface area (Å²) in [4.78, 5) is 13.4. The molecule has 5 heteroatoms. The summed E-state index contributed by atoms with van der Waals surface area (Å²) in [7, 11) is 0. The summed E-state index contributed by atoms with van der Waals surface area (Å²) in [5.74, 6) is 0.771. The highest BCUT2D eigenvalue weighted by atomic mass is 32.2. The first kappa shape index (κ1) is 13.7. The molecular weight excluding hydrogens is 282 g/mol. The molecule has 0 saturated carbocycles. The van der Waals surface area contributed by atoms with Gasteiger partial charge in [-0.3, -0.25) is 9.89 Å². The van der Waals surface area contributed by atoms with E-state index in [-0.39, 0.29) is 5.91 Å². The minimum absolute atomic E-state index is 0.0708. The van der Waals surface area contributed by atoms with Gasteiger partial charge in [-0.15, -0.1) is 11.8 Å². The molecule has 0 aliphatic carbocycles. The zero-order chi connectivity index (χ0) is 14.5. The van der Waals surface area contributed by atoms with Crippen LogP contribution in [0.2, 0.25) is 0 Å². The summed E-state index contributed by atoms with van der Waals surface area (Å²) >= 11 is 1.73. The fourth-order valence-electron chi connectivity index (χ4n) is 2.10. The molecule has 1 amide bonds. The van der Waals surface area contributed by atoms with Gasteiger partial charge in [-0.1, -0.05) is 30.3 Å². The first-order chi connectivity index (χ1) is 10.3. The van der Waals surface area contributed by atoms with E-state index in [1.165, 1.54) is 4.90 Å². The second kappa shape index (κ2) is 6.45. The Morgan fingerprint density at radius 3 is 2.86 bits per heavy atom. The number of amides is 1. The Balaban J connectivity index is 1.56. The van der Waals surface area contributed by atoms with Crippen LogP contribution < -0.4 is 5.32 Å². The van der Waals surface area contributed by atoms with Crippen molar-refractivity contribution >= 4 is 28.6 Å². The van der Waals surface area contributed by atoms with Crippen molar-refractivity contribution in [2.75, 3.05) is 12.3 Å². The second-order valence-corrected chi connectivity index (χ2v) is 5.73. The van der Waals surface area contributed by atoms with E-state index in [1.807, 2.05) is 30.3 Å². The van der Waals surface area contributed by atoms with Gasteiger partial charge >= 0.3 is 0 Å². The van der Waals surface area contributed by atoms with Gasteiger partial charge in [0.25, 0.3) is 5.91 Å². The van der Waals surface area contributed by atoms with Crippen LogP contribution in [0.3, 0.4) is 0 Å². The van der Waals surface area contributed by atoms with Gasteiger partial charge < -0.3 is 5.32 Å². The number of carbonyl (C=O) groups is 1. The lowest BCUT2D eigenvalue weighted by atomic mass is 10.1. The van der Waals surface area contributed by atoms with Gasteiger partial charge in [0.15, 0.2) is 0 Å².